The highest BCUT2D eigenvalue weighted by molar-refractivity contribution is 7.91. The second-order valence-electron chi connectivity index (χ2n) is 6.81. The molecule has 0 fully saturated rings. The first kappa shape index (κ1) is 21.9. The van der Waals surface area contributed by atoms with Crippen LogP contribution in [0.15, 0.2) is 50.7 Å². The van der Waals surface area contributed by atoms with E-state index in [2.05, 4.69) is 5.32 Å². The predicted octanol–water partition coefficient (Wildman–Crippen LogP) is 4.33. The van der Waals surface area contributed by atoms with E-state index >= 15 is 0 Å². The van der Waals surface area contributed by atoms with Crippen LogP contribution in [-0.2, 0) is 15.9 Å². The van der Waals surface area contributed by atoms with Crippen LogP contribution in [0.25, 0.3) is 11.0 Å². The van der Waals surface area contributed by atoms with E-state index in [0.29, 0.717) is 22.3 Å². The molecule has 0 saturated carbocycles. The largest absolute Gasteiger partial charge is 0.609 e. The first-order chi connectivity index (χ1) is 14.3. The molecule has 1 heterocycles. The van der Waals surface area contributed by atoms with Gasteiger partial charge in [0.25, 0.3) is 0 Å². The van der Waals surface area contributed by atoms with E-state index in [4.69, 9.17) is 9.15 Å². The van der Waals surface area contributed by atoms with E-state index < -0.39 is 29.0 Å². The Morgan fingerprint density at radius 2 is 2.07 bits per heavy atom. The molecule has 0 aliphatic rings. The molecule has 2 aromatic carbocycles. The minimum absolute atomic E-state index is 0.105. The quantitative estimate of drug-likeness (QED) is 0.461. The number of ether oxygens (including phenoxy) is 1. The van der Waals surface area contributed by atoms with Gasteiger partial charge in [0, 0.05) is 16.7 Å². The van der Waals surface area contributed by atoms with Crippen LogP contribution in [0.1, 0.15) is 41.4 Å². The Morgan fingerprint density at radius 1 is 1.33 bits per heavy atom. The van der Waals surface area contributed by atoms with Gasteiger partial charge in [0.05, 0.1) is 30.3 Å². The fourth-order valence-electron chi connectivity index (χ4n) is 3.25. The first-order valence-electron chi connectivity index (χ1n) is 9.37. The summed E-state index contributed by atoms with van der Waals surface area (Å²) in [6.07, 6.45) is 0. The number of methoxy groups -OCH3 is 1. The van der Waals surface area contributed by atoms with Crippen LogP contribution in [0.2, 0.25) is 0 Å². The number of rotatable bonds is 6. The number of esters is 1. The minimum atomic E-state index is -1.43. The van der Waals surface area contributed by atoms with E-state index in [0.717, 1.165) is 5.56 Å². The van der Waals surface area contributed by atoms with Crippen LogP contribution in [0.3, 0.4) is 0 Å². The summed E-state index contributed by atoms with van der Waals surface area (Å²) >= 11 is -1.43. The van der Waals surface area contributed by atoms with Crippen molar-refractivity contribution in [1.82, 2.24) is 0 Å². The Labute approximate surface area is 176 Å². The molecule has 8 heteroatoms. The van der Waals surface area contributed by atoms with Gasteiger partial charge in [-0.3, -0.25) is 4.79 Å². The Bertz CT molecular complexity index is 1160. The standard InChI is InChI=1S/C22H22FNO5S/c1-5-30(27)19-11-18(25)15-10-12(2)9-14(21(15)29-19)13(3)24-17-8-6-7-16(23)20(17)22(26)28-4/h6-11,13,24H,5H2,1-4H3. The van der Waals surface area contributed by atoms with E-state index in [-0.39, 0.29) is 21.8 Å². The Hall–Kier alpha value is -2.84. The van der Waals surface area contributed by atoms with Gasteiger partial charge in [-0.2, -0.15) is 0 Å². The van der Waals surface area contributed by atoms with Crippen molar-refractivity contribution in [3.05, 3.63) is 69.1 Å². The normalized spacial score (nSPS) is 13.1. The summed E-state index contributed by atoms with van der Waals surface area (Å²) in [6, 6.07) is 8.55. The molecule has 3 aromatic rings. The zero-order chi connectivity index (χ0) is 22.0. The summed E-state index contributed by atoms with van der Waals surface area (Å²) in [7, 11) is 1.18. The third kappa shape index (κ3) is 4.20. The third-order valence-electron chi connectivity index (χ3n) is 4.71. The fourth-order valence-corrected chi connectivity index (χ4v) is 3.95. The number of anilines is 1. The number of carbonyl (C=O) groups excluding carboxylic acids is 1. The van der Waals surface area contributed by atoms with Gasteiger partial charge in [-0.25, -0.2) is 9.18 Å². The maximum absolute atomic E-state index is 14.3. The molecule has 2 unspecified atom stereocenters. The average molecular weight is 431 g/mol. The van der Waals surface area contributed by atoms with Crippen molar-refractivity contribution in [2.45, 2.75) is 31.9 Å². The van der Waals surface area contributed by atoms with Crippen molar-refractivity contribution >= 4 is 33.8 Å². The number of fused-ring (bicyclic) bond motifs is 1. The average Bonchev–Trinajstić information content (AvgIpc) is 2.72. The molecular formula is C22H22FNO5S. The molecule has 0 saturated heterocycles. The zero-order valence-electron chi connectivity index (χ0n) is 17.1. The van der Waals surface area contributed by atoms with E-state index in [1.807, 2.05) is 13.0 Å². The number of carbonyl (C=O) groups is 1. The van der Waals surface area contributed by atoms with Crippen LogP contribution in [0, 0.1) is 12.7 Å². The van der Waals surface area contributed by atoms with Gasteiger partial charge < -0.3 is 19.0 Å². The van der Waals surface area contributed by atoms with Crippen molar-refractivity contribution in [3.8, 4) is 0 Å². The fraction of sp³-hybridized carbons (Fsp3) is 0.273. The van der Waals surface area contributed by atoms with Crippen LogP contribution in [-0.4, -0.2) is 23.4 Å². The summed E-state index contributed by atoms with van der Waals surface area (Å²) in [6.45, 7) is 5.37. The van der Waals surface area contributed by atoms with E-state index in [1.54, 1.807) is 26.0 Å². The van der Waals surface area contributed by atoms with E-state index in [1.165, 1.54) is 25.3 Å². The molecule has 158 valence electrons. The molecule has 0 radical (unpaired) electrons. The summed E-state index contributed by atoms with van der Waals surface area (Å²) < 4.78 is 37.0. The maximum Gasteiger partial charge on any atom is 0.342 e. The molecule has 0 bridgehead atoms. The van der Waals surface area contributed by atoms with Crippen molar-refractivity contribution in [2.24, 2.45) is 0 Å². The number of aryl methyl sites for hydroxylation is 1. The second kappa shape index (κ2) is 8.89. The lowest BCUT2D eigenvalue weighted by atomic mass is 10.0. The van der Waals surface area contributed by atoms with Gasteiger partial charge >= 0.3 is 11.1 Å². The Morgan fingerprint density at radius 3 is 2.73 bits per heavy atom. The molecule has 1 aromatic heterocycles. The lowest BCUT2D eigenvalue weighted by Crippen LogP contribution is -2.15. The SMILES string of the molecule is CC[S+]([O-])c1cc(=O)c2cc(C)cc(C(C)Nc3cccc(F)c3C(=O)OC)c2o1. The van der Waals surface area contributed by atoms with Gasteiger partial charge in [-0.05, 0) is 44.5 Å². The predicted molar refractivity (Wildman–Crippen MR) is 114 cm³/mol. The first-order valence-corrected chi connectivity index (χ1v) is 10.7. The molecule has 0 spiro atoms. The number of hydrogen-bond acceptors (Lipinski definition) is 6. The molecular weight excluding hydrogens is 409 g/mol. The van der Waals surface area contributed by atoms with Crippen LogP contribution >= 0.6 is 0 Å². The van der Waals surface area contributed by atoms with Crippen LogP contribution in [0.4, 0.5) is 10.1 Å². The molecule has 3 rings (SSSR count). The van der Waals surface area contributed by atoms with Gasteiger partial charge in [0.15, 0.2) is 5.43 Å². The molecule has 30 heavy (non-hydrogen) atoms. The zero-order valence-corrected chi connectivity index (χ0v) is 17.9. The lowest BCUT2D eigenvalue weighted by Gasteiger charge is -2.20. The van der Waals surface area contributed by atoms with Gasteiger partial charge in [-0.15, -0.1) is 0 Å². The highest BCUT2D eigenvalue weighted by Gasteiger charge is 2.22. The molecule has 0 amide bonds. The summed E-state index contributed by atoms with van der Waals surface area (Å²) in [5.74, 6) is -1.20. The van der Waals surface area contributed by atoms with Gasteiger partial charge in [0.2, 0.25) is 0 Å². The smallest absolute Gasteiger partial charge is 0.342 e. The van der Waals surface area contributed by atoms with Gasteiger partial charge in [0.1, 0.15) is 22.7 Å². The number of nitrogens with one attached hydrogen (secondary N) is 1. The van der Waals surface area contributed by atoms with E-state index in [9.17, 15) is 18.5 Å². The molecule has 2 atom stereocenters. The maximum atomic E-state index is 14.3. The van der Waals surface area contributed by atoms with Crippen LogP contribution < -0.4 is 10.7 Å². The van der Waals surface area contributed by atoms with Crippen molar-refractivity contribution < 1.29 is 22.9 Å². The second-order valence-corrected chi connectivity index (χ2v) is 8.49. The highest BCUT2D eigenvalue weighted by Crippen LogP contribution is 2.30. The Balaban J connectivity index is 2.13. The third-order valence-corrected chi connectivity index (χ3v) is 5.88. The molecule has 6 nitrogen and oxygen atoms in total. The molecule has 0 aliphatic heterocycles. The molecule has 0 aliphatic carbocycles. The van der Waals surface area contributed by atoms with Gasteiger partial charge in [-0.1, -0.05) is 12.1 Å². The number of benzene rings is 2. The Kier molecular flexibility index (Phi) is 6.48. The van der Waals surface area contributed by atoms with Crippen molar-refractivity contribution in [1.29, 1.82) is 0 Å². The summed E-state index contributed by atoms with van der Waals surface area (Å²) in [5, 5.41) is 3.57. The number of hydrogen-bond donors (Lipinski definition) is 1. The van der Waals surface area contributed by atoms with Crippen molar-refractivity contribution in [2.75, 3.05) is 18.2 Å². The van der Waals surface area contributed by atoms with Crippen LogP contribution in [0.5, 0.6) is 0 Å². The lowest BCUT2D eigenvalue weighted by molar-refractivity contribution is 0.0596. The summed E-state index contributed by atoms with van der Waals surface area (Å²) in [5.41, 5.74) is 1.51. The highest BCUT2D eigenvalue weighted by atomic mass is 32.2. The minimum Gasteiger partial charge on any atom is -0.609 e. The summed E-state index contributed by atoms with van der Waals surface area (Å²) in [4.78, 5) is 24.6. The topological polar surface area (TPSA) is 91.6 Å². The van der Waals surface area contributed by atoms with Crippen molar-refractivity contribution in [3.63, 3.8) is 0 Å². The number of halogens is 1. The molecule has 1 N–H and O–H groups in total. The monoisotopic (exact) mass is 431 g/mol.